The maximum Gasteiger partial charge on any atom is 0.244 e. The molecule has 0 N–H and O–H groups in total. The summed E-state index contributed by atoms with van der Waals surface area (Å²) in [5.74, 6) is -2.93. The van der Waals surface area contributed by atoms with Crippen molar-refractivity contribution in [3.05, 3.63) is 0 Å². The molecule has 0 unspecified atom stereocenters. The van der Waals surface area contributed by atoms with Crippen molar-refractivity contribution in [2.24, 2.45) is 0 Å². The van der Waals surface area contributed by atoms with E-state index in [1.165, 1.54) is 7.05 Å². The molecule has 2 rings (SSSR count). The van der Waals surface area contributed by atoms with Crippen LogP contribution in [0.5, 0.6) is 0 Å². The zero-order chi connectivity index (χ0) is 13.8. The van der Waals surface area contributed by atoms with Crippen molar-refractivity contribution >= 4 is 27.7 Å². The Labute approximate surface area is 103 Å². The summed E-state index contributed by atoms with van der Waals surface area (Å²) >= 11 is 0. The molecule has 2 fully saturated rings. The van der Waals surface area contributed by atoms with E-state index >= 15 is 0 Å². The highest BCUT2D eigenvalue weighted by Gasteiger charge is 2.60. The second-order valence-corrected chi connectivity index (χ2v) is 6.47. The average molecular weight is 275 g/mol. The van der Waals surface area contributed by atoms with Crippen molar-refractivity contribution in [3.8, 4) is 0 Å². The zero-order valence-corrected chi connectivity index (χ0v) is 10.5. The van der Waals surface area contributed by atoms with Gasteiger partial charge in [-0.05, 0) is 0 Å². The van der Waals surface area contributed by atoms with Crippen molar-refractivity contribution in [1.82, 2.24) is 9.21 Å². The van der Waals surface area contributed by atoms with Crippen LogP contribution in [0.2, 0.25) is 0 Å². The van der Waals surface area contributed by atoms with E-state index in [0.29, 0.717) is 0 Å². The first-order chi connectivity index (χ1) is 8.16. The van der Waals surface area contributed by atoms with Gasteiger partial charge in [0.1, 0.15) is 12.1 Å². The number of carboxylic acids is 1. The number of carboxylic acid groups (broad SMARTS) is 1. The largest absolute Gasteiger partial charge is 0.547 e. The highest BCUT2D eigenvalue weighted by Crippen LogP contribution is 2.36. The number of ketones is 1. The number of carbonyl (C=O) groups excluding carboxylic acids is 3. The molecule has 0 saturated carbocycles. The van der Waals surface area contributed by atoms with Gasteiger partial charge in [-0.3, -0.25) is 9.59 Å². The van der Waals surface area contributed by atoms with Crippen LogP contribution in [0, 0.1) is 0 Å². The van der Waals surface area contributed by atoms with Crippen LogP contribution in [-0.2, 0) is 24.4 Å². The minimum Gasteiger partial charge on any atom is -0.547 e. The van der Waals surface area contributed by atoms with E-state index < -0.39 is 45.8 Å². The molecule has 0 bridgehead atoms. The smallest absolute Gasteiger partial charge is 0.244 e. The van der Waals surface area contributed by atoms with Crippen LogP contribution < -0.4 is 5.11 Å². The second kappa shape index (κ2) is 3.75. The molecule has 0 aromatic heterocycles. The lowest BCUT2D eigenvalue weighted by atomic mass is 9.96. The Morgan fingerprint density at radius 3 is 2.44 bits per heavy atom. The minimum atomic E-state index is -3.58. The van der Waals surface area contributed by atoms with E-state index in [-0.39, 0.29) is 6.42 Å². The zero-order valence-electron chi connectivity index (χ0n) is 9.69. The van der Waals surface area contributed by atoms with Crippen LogP contribution in [0.4, 0.5) is 0 Å². The van der Waals surface area contributed by atoms with E-state index in [9.17, 15) is 27.9 Å². The molecule has 0 aromatic rings. The number of fused-ring (bicyclic) bond motifs is 1. The van der Waals surface area contributed by atoms with Crippen LogP contribution in [0.15, 0.2) is 0 Å². The highest BCUT2D eigenvalue weighted by molar-refractivity contribution is 7.88. The maximum atomic E-state index is 11.8. The third kappa shape index (κ3) is 1.62. The number of amides is 1. The number of β-lactam (4-membered cyclic amide) rings is 1. The molecule has 2 aliphatic heterocycles. The number of likely N-dealkylation sites (N-methyl/N-ethyl adjacent to an activating group) is 1. The average Bonchev–Trinajstić information content (AvgIpc) is 2.51. The number of Topliss-reactive ketones (excluding diaryl/α,β-unsaturated/α-hetero) is 1. The van der Waals surface area contributed by atoms with Gasteiger partial charge in [-0.2, -0.15) is 4.31 Å². The molecule has 9 heteroatoms. The lowest BCUT2D eigenvalue weighted by Gasteiger charge is -2.47. The first-order valence-corrected chi connectivity index (χ1v) is 7.00. The third-order valence-corrected chi connectivity index (χ3v) is 4.63. The Morgan fingerprint density at radius 2 is 2.00 bits per heavy atom. The Morgan fingerprint density at radius 1 is 1.44 bits per heavy atom. The molecule has 2 heterocycles. The van der Waals surface area contributed by atoms with Crippen LogP contribution in [0.1, 0.15) is 6.42 Å². The summed E-state index contributed by atoms with van der Waals surface area (Å²) in [7, 11) is -2.35. The van der Waals surface area contributed by atoms with E-state index in [1.54, 1.807) is 0 Å². The highest BCUT2D eigenvalue weighted by atomic mass is 32.2. The van der Waals surface area contributed by atoms with Gasteiger partial charge < -0.3 is 14.8 Å². The first kappa shape index (κ1) is 13.0. The van der Waals surface area contributed by atoms with Crippen molar-refractivity contribution in [1.29, 1.82) is 0 Å². The van der Waals surface area contributed by atoms with E-state index in [2.05, 4.69) is 0 Å². The number of hydrogen-bond acceptors (Lipinski definition) is 6. The Bertz CT molecular complexity index is 541. The van der Waals surface area contributed by atoms with Gasteiger partial charge in [-0.15, -0.1) is 0 Å². The van der Waals surface area contributed by atoms with Gasteiger partial charge in [0.2, 0.25) is 15.9 Å². The Balaban J connectivity index is 2.27. The van der Waals surface area contributed by atoms with Crippen LogP contribution >= 0.6 is 0 Å². The lowest BCUT2D eigenvalue weighted by Crippen LogP contribution is -2.71. The first-order valence-electron chi connectivity index (χ1n) is 5.15. The summed E-state index contributed by atoms with van der Waals surface area (Å²) in [6, 6.07) is -3.27. The predicted molar refractivity (Wildman–Crippen MR) is 55.4 cm³/mol. The fourth-order valence-corrected chi connectivity index (χ4v) is 3.04. The van der Waals surface area contributed by atoms with Crippen LogP contribution in [0.25, 0.3) is 0 Å². The van der Waals surface area contributed by atoms with Gasteiger partial charge in [0, 0.05) is 13.5 Å². The summed E-state index contributed by atoms with van der Waals surface area (Å²) in [6.45, 7) is 0. The van der Waals surface area contributed by atoms with Gasteiger partial charge in [-0.25, -0.2) is 8.42 Å². The van der Waals surface area contributed by atoms with Crippen molar-refractivity contribution in [2.75, 3.05) is 13.3 Å². The topological polar surface area (TPSA) is 115 Å². The van der Waals surface area contributed by atoms with Crippen molar-refractivity contribution < 1.29 is 27.9 Å². The summed E-state index contributed by atoms with van der Waals surface area (Å²) < 4.78 is 23.5. The minimum absolute atomic E-state index is 0.158. The lowest BCUT2D eigenvalue weighted by molar-refractivity contribution is -0.310. The Hall–Kier alpha value is -1.48. The molecule has 2 aliphatic rings. The number of aliphatic carboxylic acids is 1. The molecule has 2 saturated heterocycles. The SMILES string of the molecule is CN([C@H]1C(=O)N2[C@@H](C(=O)[O-])C(=O)C[C@H]12)S(C)(=O)=O. The molecular formula is C9H11N2O6S-. The summed E-state index contributed by atoms with van der Waals surface area (Å²) in [5.41, 5.74) is 0. The molecule has 3 atom stereocenters. The van der Waals surface area contributed by atoms with Crippen molar-refractivity contribution in [2.45, 2.75) is 24.5 Å². The van der Waals surface area contributed by atoms with Gasteiger partial charge in [0.15, 0.2) is 5.78 Å². The molecule has 8 nitrogen and oxygen atoms in total. The number of rotatable bonds is 3. The quantitative estimate of drug-likeness (QED) is 0.391. The molecule has 0 radical (unpaired) electrons. The summed E-state index contributed by atoms with van der Waals surface area (Å²) in [4.78, 5) is 34.9. The summed E-state index contributed by atoms with van der Waals surface area (Å²) in [6.07, 6.45) is 0.783. The van der Waals surface area contributed by atoms with Gasteiger partial charge in [0.05, 0.1) is 18.3 Å². The molecule has 0 spiro atoms. The fourth-order valence-electron chi connectivity index (χ4n) is 2.40. The van der Waals surface area contributed by atoms with Crippen LogP contribution in [-0.4, -0.2) is 66.7 Å². The predicted octanol–water partition coefficient (Wildman–Crippen LogP) is -3.45. The van der Waals surface area contributed by atoms with E-state index in [0.717, 1.165) is 15.5 Å². The Kier molecular flexibility index (Phi) is 2.70. The van der Waals surface area contributed by atoms with Crippen molar-refractivity contribution in [3.63, 3.8) is 0 Å². The van der Waals surface area contributed by atoms with Gasteiger partial charge in [-0.1, -0.05) is 0 Å². The fraction of sp³-hybridized carbons (Fsp3) is 0.667. The van der Waals surface area contributed by atoms with Crippen LogP contribution in [0.3, 0.4) is 0 Å². The second-order valence-electron chi connectivity index (χ2n) is 4.43. The number of nitrogens with zero attached hydrogens (tertiary/aromatic N) is 2. The number of hydrogen-bond donors (Lipinski definition) is 0. The molecule has 1 amide bonds. The molecular weight excluding hydrogens is 264 g/mol. The normalized spacial score (nSPS) is 31.5. The van der Waals surface area contributed by atoms with Gasteiger partial charge >= 0.3 is 0 Å². The standard InChI is InChI=1S/C9H12N2O6S/c1-10(18(2,16)17)6-4-3-5(12)7(9(14)15)11(4)8(6)13/h4,6-7H,3H2,1-2H3,(H,14,15)/p-1/t4-,6-,7-/m1/s1. The molecule has 0 aromatic carbocycles. The summed E-state index contributed by atoms with van der Waals surface area (Å²) in [5, 5.41) is 10.8. The molecule has 0 aliphatic carbocycles. The third-order valence-electron chi connectivity index (χ3n) is 3.36. The monoisotopic (exact) mass is 275 g/mol. The van der Waals surface area contributed by atoms with E-state index in [1.807, 2.05) is 0 Å². The van der Waals surface area contributed by atoms with Gasteiger partial charge in [0.25, 0.3) is 0 Å². The maximum absolute atomic E-state index is 11.8. The number of carbonyl (C=O) groups is 3. The molecule has 18 heavy (non-hydrogen) atoms. The van der Waals surface area contributed by atoms with E-state index in [4.69, 9.17) is 0 Å². The number of sulfonamides is 1. The molecule has 100 valence electrons.